The first-order valence-corrected chi connectivity index (χ1v) is 12.9. The van der Waals surface area contributed by atoms with E-state index < -0.39 is 22.8 Å². The van der Waals surface area contributed by atoms with Crippen molar-refractivity contribution in [2.75, 3.05) is 24.6 Å². The van der Waals surface area contributed by atoms with Gasteiger partial charge in [-0.15, -0.1) is 11.3 Å². The molecule has 4 aromatic rings. The van der Waals surface area contributed by atoms with Gasteiger partial charge in [-0.2, -0.15) is 5.10 Å². The molecule has 0 unspecified atom stereocenters. The SMILES string of the molecule is CCCOc1cc(CC(=O)C2CN(c3nc4c(c(C)c3F)c(=O)c(C(=O)O)cn4-c3nccs3)C2)nn1C. The molecule has 1 aliphatic rings. The van der Waals surface area contributed by atoms with Gasteiger partial charge in [0.15, 0.2) is 22.4 Å². The van der Waals surface area contributed by atoms with Crippen molar-refractivity contribution in [3.05, 3.63) is 56.7 Å². The summed E-state index contributed by atoms with van der Waals surface area (Å²) >= 11 is 1.22. The molecule has 0 bridgehead atoms. The molecular weight excluding hydrogens is 515 g/mol. The van der Waals surface area contributed by atoms with Gasteiger partial charge in [0.05, 0.1) is 30.0 Å². The maximum Gasteiger partial charge on any atom is 0.341 e. The van der Waals surface area contributed by atoms with Crippen molar-refractivity contribution in [2.24, 2.45) is 13.0 Å². The summed E-state index contributed by atoms with van der Waals surface area (Å²) < 4.78 is 24.1. The summed E-state index contributed by atoms with van der Waals surface area (Å²) in [7, 11) is 1.76. The number of aryl methyl sites for hydroxylation is 2. The lowest BCUT2D eigenvalue weighted by atomic mass is 9.92. The molecule has 0 aromatic carbocycles. The topological polar surface area (TPSA) is 132 Å². The number of fused-ring (bicyclic) bond motifs is 1. The fraction of sp³-hybridized carbons (Fsp3) is 0.360. The Morgan fingerprint density at radius 1 is 1.32 bits per heavy atom. The van der Waals surface area contributed by atoms with E-state index in [0.717, 1.165) is 12.6 Å². The molecule has 0 atom stereocenters. The van der Waals surface area contributed by atoms with Crippen molar-refractivity contribution in [2.45, 2.75) is 26.7 Å². The first kappa shape index (κ1) is 25.5. The van der Waals surface area contributed by atoms with Crippen molar-refractivity contribution in [3.63, 3.8) is 0 Å². The van der Waals surface area contributed by atoms with Gasteiger partial charge in [-0.25, -0.2) is 23.8 Å². The highest BCUT2D eigenvalue weighted by Crippen LogP contribution is 2.32. The van der Waals surface area contributed by atoms with Crippen LogP contribution in [-0.4, -0.2) is 60.9 Å². The molecule has 1 fully saturated rings. The van der Waals surface area contributed by atoms with Crippen LogP contribution in [0.4, 0.5) is 10.2 Å². The van der Waals surface area contributed by atoms with Gasteiger partial charge in [0.2, 0.25) is 11.3 Å². The molecule has 0 amide bonds. The number of carboxylic acids is 1. The molecule has 4 aromatic heterocycles. The van der Waals surface area contributed by atoms with E-state index in [2.05, 4.69) is 15.1 Å². The number of anilines is 1. The molecule has 0 saturated carbocycles. The summed E-state index contributed by atoms with van der Waals surface area (Å²) in [6.45, 7) is 4.50. The Morgan fingerprint density at radius 3 is 2.74 bits per heavy atom. The Balaban J connectivity index is 1.42. The molecule has 1 N–H and O–H groups in total. The number of carbonyl (C=O) groups is 2. The van der Waals surface area contributed by atoms with Crippen LogP contribution >= 0.6 is 11.3 Å². The van der Waals surface area contributed by atoms with E-state index >= 15 is 4.39 Å². The van der Waals surface area contributed by atoms with E-state index in [1.807, 2.05) is 6.92 Å². The number of pyridine rings is 2. The lowest BCUT2D eigenvalue weighted by Gasteiger charge is -2.39. The monoisotopic (exact) mass is 540 g/mol. The number of ketones is 1. The average molecular weight is 541 g/mol. The van der Waals surface area contributed by atoms with E-state index in [0.29, 0.717) is 23.3 Å². The van der Waals surface area contributed by atoms with Gasteiger partial charge < -0.3 is 14.7 Å². The van der Waals surface area contributed by atoms with Gasteiger partial charge in [-0.3, -0.25) is 14.2 Å². The number of thiazole rings is 1. The zero-order valence-corrected chi connectivity index (χ0v) is 21.8. The molecule has 0 aliphatic carbocycles. The molecule has 13 heteroatoms. The predicted octanol–water partition coefficient (Wildman–Crippen LogP) is 2.76. The molecular formula is C25H25FN6O5S. The van der Waals surface area contributed by atoms with Crippen LogP contribution in [0.5, 0.6) is 5.88 Å². The highest BCUT2D eigenvalue weighted by molar-refractivity contribution is 7.12. The molecule has 1 saturated heterocycles. The van der Waals surface area contributed by atoms with Crippen molar-refractivity contribution >= 4 is 39.9 Å². The summed E-state index contributed by atoms with van der Waals surface area (Å²) in [6, 6.07) is 1.75. The third-order valence-electron chi connectivity index (χ3n) is 6.48. The van der Waals surface area contributed by atoms with Gasteiger partial charge in [0.1, 0.15) is 11.3 Å². The maximum atomic E-state index is 15.5. The lowest BCUT2D eigenvalue weighted by molar-refractivity contribution is -0.123. The van der Waals surface area contributed by atoms with E-state index in [1.165, 1.54) is 29.0 Å². The van der Waals surface area contributed by atoms with Gasteiger partial charge in [-0.1, -0.05) is 6.92 Å². The molecule has 38 heavy (non-hydrogen) atoms. The van der Waals surface area contributed by atoms with Crippen LogP contribution in [0.15, 0.2) is 28.6 Å². The minimum absolute atomic E-state index is 0.0000749. The van der Waals surface area contributed by atoms with Gasteiger partial charge in [0.25, 0.3) is 0 Å². The normalized spacial score (nSPS) is 13.6. The Morgan fingerprint density at radius 2 is 2.08 bits per heavy atom. The zero-order chi connectivity index (χ0) is 27.1. The number of aromatic carboxylic acids is 1. The Labute approximate surface area is 220 Å². The Hall–Kier alpha value is -4.13. The molecule has 5 heterocycles. The second-order valence-corrected chi connectivity index (χ2v) is 10.00. The number of rotatable bonds is 9. The lowest BCUT2D eigenvalue weighted by Crippen LogP contribution is -2.51. The smallest absolute Gasteiger partial charge is 0.341 e. The molecule has 1 aliphatic heterocycles. The number of carboxylic acid groups (broad SMARTS) is 1. The third-order valence-corrected chi connectivity index (χ3v) is 7.25. The number of nitrogens with zero attached hydrogens (tertiary/aromatic N) is 6. The van der Waals surface area contributed by atoms with Crippen LogP contribution in [0.25, 0.3) is 16.2 Å². The zero-order valence-electron chi connectivity index (χ0n) is 21.0. The standard InChI is InChI=1S/C25H25FN6O5S/c1-4-6-37-18-9-15(29-30(18)3)8-17(33)14-10-31(11-14)23-20(26)13(2)19-21(34)16(24(35)36)12-32(22(19)28-23)25-27-5-7-38-25/h5,7,9,12,14H,4,6,8,10-11H2,1-3H3,(H,35,36). The minimum atomic E-state index is -1.42. The van der Waals surface area contributed by atoms with Crippen LogP contribution in [0.1, 0.15) is 35.0 Å². The molecule has 5 rings (SSSR count). The van der Waals surface area contributed by atoms with Crippen molar-refractivity contribution in [3.8, 4) is 11.0 Å². The van der Waals surface area contributed by atoms with E-state index in [4.69, 9.17) is 4.74 Å². The second kappa shape index (κ2) is 9.97. The summed E-state index contributed by atoms with van der Waals surface area (Å²) in [5.74, 6) is -1.90. The van der Waals surface area contributed by atoms with Crippen LogP contribution < -0.4 is 15.1 Å². The maximum absolute atomic E-state index is 15.5. The van der Waals surface area contributed by atoms with Crippen LogP contribution in [0.2, 0.25) is 0 Å². The Kier molecular flexibility index (Phi) is 6.69. The number of Topliss-reactive ketones (excluding diaryl/α,β-unsaturated/α-hetero) is 1. The van der Waals surface area contributed by atoms with Crippen molar-refractivity contribution in [1.29, 1.82) is 0 Å². The first-order chi connectivity index (χ1) is 18.2. The van der Waals surface area contributed by atoms with Crippen molar-refractivity contribution in [1.82, 2.24) is 24.3 Å². The van der Waals surface area contributed by atoms with Crippen LogP contribution in [0, 0.1) is 18.7 Å². The van der Waals surface area contributed by atoms with Crippen LogP contribution in [-0.2, 0) is 18.3 Å². The number of aromatic nitrogens is 5. The predicted molar refractivity (Wildman–Crippen MR) is 138 cm³/mol. The molecule has 0 radical (unpaired) electrons. The fourth-order valence-electron chi connectivity index (χ4n) is 4.44. The van der Waals surface area contributed by atoms with Crippen LogP contribution in [0.3, 0.4) is 0 Å². The average Bonchev–Trinajstić information content (AvgIpc) is 3.49. The largest absolute Gasteiger partial charge is 0.478 e. The van der Waals surface area contributed by atoms with E-state index in [9.17, 15) is 19.5 Å². The number of ether oxygens (including phenoxy) is 1. The second-order valence-electron chi connectivity index (χ2n) is 9.13. The minimum Gasteiger partial charge on any atom is -0.478 e. The third kappa shape index (κ3) is 4.42. The molecule has 11 nitrogen and oxygen atoms in total. The molecule has 0 spiro atoms. The highest BCUT2D eigenvalue weighted by Gasteiger charge is 2.36. The summed E-state index contributed by atoms with van der Waals surface area (Å²) in [5.41, 5.74) is -0.616. The van der Waals surface area contributed by atoms with Gasteiger partial charge in [0, 0.05) is 49.5 Å². The number of hydrogen-bond acceptors (Lipinski definition) is 9. The van der Waals surface area contributed by atoms with Gasteiger partial charge >= 0.3 is 5.97 Å². The quantitative estimate of drug-likeness (QED) is 0.340. The molecule has 198 valence electrons. The van der Waals surface area contributed by atoms with E-state index in [-0.39, 0.29) is 53.6 Å². The Bertz CT molecular complexity index is 1610. The van der Waals surface area contributed by atoms with E-state index in [1.54, 1.807) is 28.1 Å². The summed E-state index contributed by atoms with van der Waals surface area (Å²) in [4.78, 5) is 47.8. The number of halogens is 1. The van der Waals surface area contributed by atoms with Crippen molar-refractivity contribution < 1.29 is 23.8 Å². The fourth-order valence-corrected chi connectivity index (χ4v) is 5.05. The van der Waals surface area contributed by atoms with Gasteiger partial charge in [-0.05, 0) is 13.3 Å². The highest BCUT2D eigenvalue weighted by atomic mass is 32.1. The summed E-state index contributed by atoms with van der Waals surface area (Å²) in [6.07, 6.45) is 3.69. The first-order valence-electron chi connectivity index (χ1n) is 12.0. The number of hydrogen-bond donors (Lipinski definition) is 1. The summed E-state index contributed by atoms with van der Waals surface area (Å²) in [5, 5.41) is 15.9. The number of carbonyl (C=O) groups excluding carboxylic acids is 1.